The second kappa shape index (κ2) is 7.65. The van der Waals surface area contributed by atoms with Crippen molar-refractivity contribution in [1.82, 2.24) is 10.3 Å². The van der Waals surface area contributed by atoms with E-state index < -0.39 is 0 Å². The summed E-state index contributed by atoms with van der Waals surface area (Å²) in [5.41, 5.74) is 3.97. The van der Waals surface area contributed by atoms with Gasteiger partial charge in [0.25, 0.3) is 5.91 Å². The van der Waals surface area contributed by atoms with E-state index in [-0.39, 0.29) is 18.4 Å². The van der Waals surface area contributed by atoms with Crippen LogP contribution in [0.1, 0.15) is 21.5 Å². The van der Waals surface area contributed by atoms with Gasteiger partial charge in [0.15, 0.2) is 12.2 Å². The smallest absolute Gasteiger partial charge is 0.251 e. The average Bonchev–Trinajstić information content (AvgIpc) is 3.14. The molecule has 2 N–H and O–H groups in total. The summed E-state index contributed by atoms with van der Waals surface area (Å²) in [6.07, 6.45) is 2.95. The molecular weight excluding hydrogens is 330 g/mol. The summed E-state index contributed by atoms with van der Waals surface area (Å²) in [6.45, 7) is 3.74. The molecule has 1 heterocycles. The first-order chi connectivity index (χ1) is 12.5. The Labute approximate surface area is 151 Å². The van der Waals surface area contributed by atoms with Gasteiger partial charge in [0, 0.05) is 16.8 Å². The number of carbonyl (C=O) groups excluding carboxylic acids is 2. The summed E-state index contributed by atoms with van der Waals surface area (Å²) < 4.78 is 5.25. The van der Waals surface area contributed by atoms with Gasteiger partial charge in [-0.15, -0.1) is 0 Å². The molecule has 0 saturated heterocycles. The van der Waals surface area contributed by atoms with Gasteiger partial charge in [0.2, 0.25) is 5.91 Å². The molecule has 3 rings (SSSR count). The maximum Gasteiger partial charge on any atom is 0.251 e. The van der Waals surface area contributed by atoms with Gasteiger partial charge in [-0.1, -0.05) is 29.3 Å². The van der Waals surface area contributed by atoms with Gasteiger partial charge in [-0.05, 0) is 38.1 Å². The molecule has 0 fully saturated rings. The summed E-state index contributed by atoms with van der Waals surface area (Å²) >= 11 is 0. The van der Waals surface area contributed by atoms with Crippen LogP contribution < -0.4 is 10.6 Å². The van der Waals surface area contributed by atoms with Crippen LogP contribution in [0.4, 0.5) is 5.69 Å². The summed E-state index contributed by atoms with van der Waals surface area (Å²) in [7, 11) is 0. The Balaban J connectivity index is 1.59. The third-order valence-electron chi connectivity index (χ3n) is 3.76. The van der Waals surface area contributed by atoms with Gasteiger partial charge in [0.05, 0.1) is 12.7 Å². The van der Waals surface area contributed by atoms with Gasteiger partial charge in [0.1, 0.15) is 0 Å². The fraction of sp³-hybridized carbons (Fsp3) is 0.150. The molecule has 0 aliphatic rings. The van der Waals surface area contributed by atoms with Crippen molar-refractivity contribution in [1.29, 1.82) is 0 Å². The molecular formula is C20H19N3O3. The van der Waals surface area contributed by atoms with E-state index in [9.17, 15) is 9.59 Å². The van der Waals surface area contributed by atoms with Crippen LogP contribution >= 0.6 is 0 Å². The Hall–Kier alpha value is -3.41. The fourth-order valence-electron chi connectivity index (χ4n) is 2.68. The minimum absolute atomic E-state index is 0.113. The first-order valence-corrected chi connectivity index (χ1v) is 8.16. The van der Waals surface area contributed by atoms with Crippen LogP contribution in [0.15, 0.2) is 59.5 Å². The number of benzene rings is 2. The molecule has 0 atom stereocenters. The van der Waals surface area contributed by atoms with E-state index in [1.54, 1.807) is 30.5 Å². The molecule has 26 heavy (non-hydrogen) atoms. The molecule has 1 aromatic heterocycles. The Bertz CT molecular complexity index is 913. The second-order valence-corrected chi connectivity index (χ2v) is 6.05. The highest BCUT2D eigenvalue weighted by molar-refractivity contribution is 5.99. The molecule has 0 radical (unpaired) electrons. The minimum atomic E-state index is -0.308. The quantitative estimate of drug-likeness (QED) is 0.740. The second-order valence-electron chi connectivity index (χ2n) is 6.05. The van der Waals surface area contributed by atoms with Crippen LogP contribution in [-0.2, 0) is 4.79 Å². The van der Waals surface area contributed by atoms with Crippen molar-refractivity contribution in [3.8, 4) is 11.3 Å². The van der Waals surface area contributed by atoms with Crippen LogP contribution in [0.3, 0.4) is 0 Å². The summed E-state index contributed by atoms with van der Waals surface area (Å²) in [4.78, 5) is 28.2. The van der Waals surface area contributed by atoms with Crippen molar-refractivity contribution >= 4 is 17.5 Å². The summed E-state index contributed by atoms with van der Waals surface area (Å²) in [5.74, 6) is 0.0315. The zero-order chi connectivity index (χ0) is 18.5. The lowest BCUT2D eigenvalue weighted by Crippen LogP contribution is -2.32. The molecule has 0 aliphatic carbocycles. The van der Waals surface area contributed by atoms with Crippen molar-refractivity contribution in [2.45, 2.75) is 13.8 Å². The molecule has 3 aromatic rings. The van der Waals surface area contributed by atoms with Crippen LogP contribution in [0.5, 0.6) is 0 Å². The van der Waals surface area contributed by atoms with E-state index in [1.807, 2.05) is 32.0 Å². The lowest BCUT2D eigenvalue weighted by molar-refractivity contribution is -0.115. The molecule has 0 unspecified atom stereocenters. The number of amides is 2. The maximum atomic E-state index is 12.2. The number of anilines is 1. The SMILES string of the molecule is Cc1cc(C)cc(C(=O)NCC(=O)Nc2cccc(-c3cnco3)c2)c1. The Morgan fingerprint density at radius 2 is 1.85 bits per heavy atom. The molecule has 0 spiro atoms. The predicted octanol–water partition coefficient (Wildman–Crippen LogP) is 3.33. The highest BCUT2D eigenvalue weighted by Crippen LogP contribution is 2.21. The topological polar surface area (TPSA) is 84.2 Å². The zero-order valence-corrected chi connectivity index (χ0v) is 14.6. The molecule has 2 amide bonds. The number of nitrogens with one attached hydrogen (secondary N) is 2. The number of nitrogens with zero attached hydrogens (tertiary/aromatic N) is 1. The molecule has 0 saturated carbocycles. The Kier molecular flexibility index (Phi) is 5.12. The van der Waals surface area contributed by atoms with E-state index in [2.05, 4.69) is 15.6 Å². The molecule has 6 heteroatoms. The number of hydrogen-bond donors (Lipinski definition) is 2. The largest absolute Gasteiger partial charge is 0.444 e. The van der Waals surface area contributed by atoms with Gasteiger partial charge in [-0.3, -0.25) is 9.59 Å². The van der Waals surface area contributed by atoms with Gasteiger partial charge < -0.3 is 15.1 Å². The van der Waals surface area contributed by atoms with Crippen molar-refractivity contribution in [2.75, 3.05) is 11.9 Å². The first kappa shape index (κ1) is 17.4. The fourth-order valence-corrected chi connectivity index (χ4v) is 2.68. The predicted molar refractivity (Wildman–Crippen MR) is 98.8 cm³/mol. The van der Waals surface area contributed by atoms with E-state index in [0.29, 0.717) is 17.0 Å². The number of aromatic nitrogens is 1. The van der Waals surface area contributed by atoms with Crippen molar-refractivity contribution in [3.63, 3.8) is 0 Å². The number of hydrogen-bond acceptors (Lipinski definition) is 4. The van der Waals surface area contributed by atoms with E-state index in [0.717, 1.165) is 16.7 Å². The highest BCUT2D eigenvalue weighted by Gasteiger charge is 2.10. The van der Waals surface area contributed by atoms with Crippen LogP contribution in [0.25, 0.3) is 11.3 Å². The molecule has 6 nitrogen and oxygen atoms in total. The molecule has 0 bridgehead atoms. The highest BCUT2D eigenvalue weighted by atomic mass is 16.3. The summed E-state index contributed by atoms with van der Waals surface area (Å²) in [6, 6.07) is 12.8. The summed E-state index contributed by atoms with van der Waals surface area (Å²) in [5, 5.41) is 5.39. The van der Waals surface area contributed by atoms with Crippen molar-refractivity contribution in [2.24, 2.45) is 0 Å². The van der Waals surface area contributed by atoms with Crippen LogP contribution in [-0.4, -0.2) is 23.3 Å². The molecule has 2 aromatic carbocycles. The van der Waals surface area contributed by atoms with Crippen molar-refractivity contribution < 1.29 is 14.0 Å². The average molecular weight is 349 g/mol. The first-order valence-electron chi connectivity index (χ1n) is 8.16. The van der Waals surface area contributed by atoms with Gasteiger partial charge in [-0.2, -0.15) is 0 Å². The van der Waals surface area contributed by atoms with E-state index in [1.165, 1.54) is 6.39 Å². The third kappa shape index (κ3) is 4.36. The van der Waals surface area contributed by atoms with Crippen molar-refractivity contribution in [3.05, 3.63) is 71.7 Å². The van der Waals surface area contributed by atoms with Gasteiger partial charge >= 0.3 is 0 Å². The lowest BCUT2D eigenvalue weighted by Gasteiger charge is -2.09. The lowest BCUT2D eigenvalue weighted by atomic mass is 10.1. The number of oxazole rings is 1. The standard InChI is InChI=1S/C20H19N3O3/c1-13-6-14(2)8-16(7-13)20(25)22-11-19(24)23-17-5-3-4-15(9-17)18-10-21-12-26-18/h3-10,12H,11H2,1-2H3,(H,22,25)(H,23,24). The maximum absolute atomic E-state index is 12.2. The van der Waals surface area contributed by atoms with E-state index >= 15 is 0 Å². The minimum Gasteiger partial charge on any atom is -0.444 e. The number of carbonyl (C=O) groups is 2. The van der Waals surface area contributed by atoms with Crippen LogP contribution in [0, 0.1) is 13.8 Å². The Morgan fingerprint density at radius 1 is 1.08 bits per heavy atom. The number of aryl methyl sites for hydroxylation is 2. The molecule has 0 aliphatic heterocycles. The number of rotatable bonds is 5. The Morgan fingerprint density at radius 3 is 2.54 bits per heavy atom. The van der Waals surface area contributed by atoms with Gasteiger partial charge in [-0.25, -0.2) is 4.98 Å². The monoisotopic (exact) mass is 349 g/mol. The normalized spacial score (nSPS) is 10.4. The van der Waals surface area contributed by atoms with E-state index in [4.69, 9.17) is 4.42 Å². The third-order valence-corrected chi connectivity index (χ3v) is 3.76. The van der Waals surface area contributed by atoms with Crippen LogP contribution in [0.2, 0.25) is 0 Å². The zero-order valence-electron chi connectivity index (χ0n) is 14.6. The molecule has 132 valence electrons.